The lowest BCUT2D eigenvalue weighted by molar-refractivity contribution is 0.0321. The van der Waals surface area contributed by atoms with Crippen LogP contribution in [-0.2, 0) is 17.8 Å². The monoisotopic (exact) mass is 541 g/mol. The molecule has 5 rings (SSSR count). The SMILES string of the molecule is COc1cc2c(cc1OCCN1CCOCC1)Oc1ncnc(Nc3cccc(Br)c3)c1CNC2. The lowest BCUT2D eigenvalue weighted by Crippen LogP contribution is -2.38. The number of methoxy groups -OCH3 is 1. The first kappa shape index (κ1) is 23.8. The molecule has 1 saturated heterocycles. The maximum absolute atomic E-state index is 6.32. The van der Waals surface area contributed by atoms with E-state index < -0.39 is 0 Å². The van der Waals surface area contributed by atoms with Crippen molar-refractivity contribution in [2.24, 2.45) is 0 Å². The number of nitrogens with zero attached hydrogens (tertiary/aromatic N) is 3. The van der Waals surface area contributed by atoms with Gasteiger partial charge in [-0.2, -0.15) is 0 Å². The predicted molar refractivity (Wildman–Crippen MR) is 136 cm³/mol. The van der Waals surface area contributed by atoms with Gasteiger partial charge >= 0.3 is 0 Å². The summed E-state index contributed by atoms with van der Waals surface area (Å²) >= 11 is 3.51. The summed E-state index contributed by atoms with van der Waals surface area (Å²) in [4.78, 5) is 11.2. The second-order valence-electron chi connectivity index (χ2n) is 8.26. The molecule has 10 heteroatoms. The van der Waals surface area contributed by atoms with Crippen molar-refractivity contribution >= 4 is 27.4 Å². The van der Waals surface area contributed by atoms with Gasteiger partial charge in [-0.1, -0.05) is 22.0 Å². The number of hydrogen-bond acceptors (Lipinski definition) is 9. The molecule has 0 amide bonds. The summed E-state index contributed by atoms with van der Waals surface area (Å²) in [5, 5.41) is 6.84. The number of fused-ring (bicyclic) bond motifs is 2. The molecule has 1 aromatic heterocycles. The number of benzene rings is 2. The molecule has 9 nitrogen and oxygen atoms in total. The summed E-state index contributed by atoms with van der Waals surface area (Å²) in [5.41, 5.74) is 2.74. The standard InChI is InChI=1S/C25H28BrN5O4/c1-32-22-11-17-14-27-15-20-24(30-19-4-2-3-18(26)12-19)28-16-29-25(20)35-21(17)13-23(22)34-10-7-31-5-8-33-9-6-31/h2-4,11-13,16,27H,5-10,14-15H2,1H3,(H,28,29,30). The summed E-state index contributed by atoms with van der Waals surface area (Å²) in [6, 6.07) is 11.8. The minimum absolute atomic E-state index is 0.496. The molecule has 0 saturated carbocycles. The van der Waals surface area contributed by atoms with Gasteiger partial charge in [0.1, 0.15) is 24.5 Å². The summed E-state index contributed by atoms with van der Waals surface area (Å²) in [6.45, 7) is 5.90. The fourth-order valence-electron chi connectivity index (χ4n) is 4.08. The van der Waals surface area contributed by atoms with Crippen LogP contribution in [0.5, 0.6) is 23.1 Å². The van der Waals surface area contributed by atoms with Gasteiger partial charge in [0.15, 0.2) is 11.5 Å². The highest BCUT2D eigenvalue weighted by Crippen LogP contribution is 2.39. The third-order valence-electron chi connectivity index (χ3n) is 5.93. The Kier molecular flexibility index (Phi) is 7.63. The third-order valence-corrected chi connectivity index (χ3v) is 6.43. The fraction of sp³-hybridized carbons (Fsp3) is 0.360. The minimum Gasteiger partial charge on any atom is -0.493 e. The molecule has 35 heavy (non-hydrogen) atoms. The maximum atomic E-state index is 6.32. The molecular formula is C25H28BrN5O4. The Bertz CT molecular complexity index is 1170. The molecule has 0 radical (unpaired) electrons. The van der Waals surface area contributed by atoms with Crippen LogP contribution in [0.2, 0.25) is 0 Å². The second kappa shape index (κ2) is 11.2. The van der Waals surface area contributed by atoms with Gasteiger partial charge in [0.2, 0.25) is 5.88 Å². The molecule has 2 aliphatic rings. The number of nitrogens with one attached hydrogen (secondary N) is 2. The van der Waals surface area contributed by atoms with Crippen LogP contribution in [0.4, 0.5) is 11.5 Å². The minimum atomic E-state index is 0.496. The van der Waals surface area contributed by atoms with Crippen molar-refractivity contribution in [3.63, 3.8) is 0 Å². The molecule has 0 unspecified atom stereocenters. The highest BCUT2D eigenvalue weighted by atomic mass is 79.9. The molecule has 3 heterocycles. The average molecular weight is 542 g/mol. The van der Waals surface area contributed by atoms with Crippen molar-refractivity contribution in [2.75, 3.05) is 51.9 Å². The van der Waals surface area contributed by atoms with E-state index >= 15 is 0 Å². The Morgan fingerprint density at radius 3 is 2.83 bits per heavy atom. The molecule has 0 aliphatic carbocycles. The lowest BCUT2D eigenvalue weighted by atomic mass is 10.1. The average Bonchev–Trinajstić information content (AvgIpc) is 2.85. The van der Waals surface area contributed by atoms with Gasteiger partial charge in [-0.25, -0.2) is 9.97 Å². The molecule has 0 atom stereocenters. The van der Waals surface area contributed by atoms with Gasteiger partial charge in [0.05, 0.1) is 25.9 Å². The number of anilines is 2. The van der Waals surface area contributed by atoms with E-state index in [1.54, 1.807) is 7.11 Å². The molecular weight excluding hydrogens is 514 g/mol. The lowest BCUT2D eigenvalue weighted by Gasteiger charge is -2.26. The molecule has 2 N–H and O–H groups in total. The number of ether oxygens (including phenoxy) is 4. The van der Waals surface area contributed by atoms with Crippen LogP contribution in [0.25, 0.3) is 0 Å². The van der Waals surface area contributed by atoms with Crippen LogP contribution >= 0.6 is 15.9 Å². The second-order valence-corrected chi connectivity index (χ2v) is 9.18. The van der Waals surface area contributed by atoms with E-state index in [9.17, 15) is 0 Å². The summed E-state index contributed by atoms with van der Waals surface area (Å²) in [5.74, 6) is 3.18. The number of morpholine rings is 1. The Morgan fingerprint density at radius 2 is 2.00 bits per heavy atom. The highest BCUT2D eigenvalue weighted by Gasteiger charge is 2.21. The van der Waals surface area contributed by atoms with Crippen molar-refractivity contribution in [1.29, 1.82) is 0 Å². The first-order chi connectivity index (χ1) is 17.2. The molecule has 0 spiro atoms. The zero-order chi connectivity index (χ0) is 24.0. The van der Waals surface area contributed by atoms with E-state index in [4.69, 9.17) is 18.9 Å². The van der Waals surface area contributed by atoms with E-state index in [0.29, 0.717) is 48.6 Å². The van der Waals surface area contributed by atoms with Crippen molar-refractivity contribution in [2.45, 2.75) is 13.1 Å². The fourth-order valence-corrected chi connectivity index (χ4v) is 4.48. The quantitative estimate of drug-likeness (QED) is 0.458. The number of aromatic nitrogens is 2. The Morgan fingerprint density at radius 1 is 1.11 bits per heavy atom. The van der Waals surface area contributed by atoms with Crippen molar-refractivity contribution in [3.8, 4) is 23.1 Å². The zero-order valence-corrected chi connectivity index (χ0v) is 21.1. The van der Waals surface area contributed by atoms with E-state index in [-0.39, 0.29) is 0 Å². The van der Waals surface area contributed by atoms with Crippen LogP contribution < -0.4 is 24.8 Å². The van der Waals surface area contributed by atoms with Crippen LogP contribution in [0, 0.1) is 0 Å². The molecule has 0 bridgehead atoms. The van der Waals surface area contributed by atoms with Gasteiger partial charge in [-0.3, -0.25) is 4.90 Å². The number of hydrogen-bond donors (Lipinski definition) is 2. The first-order valence-electron chi connectivity index (χ1n) is 11.6. The van der Waals surface area contributed by atoms with Crippen molar-refractivity contribution in [3.05, 3.63) is 58.3 Å². The van der Waals surface area contributed by atoms with Gasteiger partial charge < -0.3 is 29.6 Å². The van der Waals surface area contributed by atoms with Crippen LogP contribution in [0.1, 0.15) is 11.1 Å². The van der Waals surface area contributed by atoms with Crippen molar-refractivity contribution < 1.29 is 18.9 Å². The van der Waals surface area contributed by atoms with E-state index in [1.807, 2.05) is 36.4 Å². The molecule has 2 aromatic carbocycles. The number of halogens is 1. The van der Waals surface area contributed by atoms with Crippen LogP contribution in [0.3, 0.4) is 0 Å². The van der Waals surface area contributed by atoms with E-state index in [0.717, 1.165) is 54.1 Å². The van der Waals surface area contributed by atoms with E-state index in [2.05, 4.69) is 41.4 Å². The summed E-state index contributed by atoms with van der Waals surface area (Å²) < 4.78 is 24.4. The van der Waals surface area contributed by atoms with Gasteiger partial charge in [-0.05, 0) is 24.3 Å². The van der Waals surface area contributed by atoms with Crippen molar-refractivity contribution in [1.82, 2.24) is 20.2 Å². The van der Waals surface area contributed by atoms with Crippen LogP contribution in [-0.4, -0.2) is 61.4 Å². The molecule has 2 aliphatic heterocycles. The van der Waals surface area contributed by atoms with Gasteiger partial charge in [0.25, 0.3) is 0 Å². The topological polar surface area (TPSA) is 90.0 Å². The predicted octanol–water partition coefficient (Wildman–Crippen LogP) is 4.10. The normalized spacial score (nSPS) is 15.7. The zero-order valence-electron chi connectivity index (χ0n) is 19.6. The molecule has 184 valence electrons. The smallest absolute Gasteiger partial charge is 0.228 e. The van der Waals surface area contributed by atoms with E-state index in [1.165, 1.54) is 6.33 Å². The van der Waals surface area contributed by atoms with Crippen LogP contribution in [0.15, 0.2) is 47.2 Å². The highest BCUT2D eigenvalue weighted by molar-refractivity contribution is 9.10. The Labute approximate surface area is 212 Å². The first-order valence-corrected chi connectivity index (χ1v) is 12.4. The summed E-state index contributed by atoms with van der Waals surface area (Å²) in [7, 11) is 1.65. The third kappa shape index (κ3) is 5.84. The Balaban J connectivity index is 1.37. The van der Waals surface area contributed by atoms with Gasteiger partial charge in [-0.15, -0.1) is 0 Å². The summed E-state index contributed by atoms with van der Waals surface area (Å²) in [6.07, 6.45) is 1.50. The van der Waals surface area contributed by atoms with Gasteiger partial charge in [0, 0.05) is 54.5 Å². The number of rotatable bonds is 7. The maximum Gasteiger partial charge on any atom is 0.228 e. The molecule has 1 fully saturated rings. The Hall–Kier alpha value is -2.92. The largest absolute Gasteiger partial charge is 0.493 e. The molecule has 3 aromatic rings.